The highest BCUT2D eigenvalue weighted by Gasteiger charge is 2.18. The predicted molar refractivity (Wildman–Crippen MR) is 121 cm³/mol. The number of amides is 1. The summed E-state index contributed by atoms with van der Waals surface area (Å²) in [5, 5.41) is 3.51. The van der Waals surface area contributed by atoms with E-state index in [2.05, 4.69) is 16.4 Å². The van der Waals surface area contributed by atoms with Gasteiger partial charge in [-0.05, 0) is 35.8 Å². The molecular formula is C25H23N3O2. The third-order valence-electron chi connectivity index (χ3n) is 5.03. The fourth-order valence-electron chi connectivity index (χ4n) is 3.58. The van der Waals surface area contributed by atoms with E-state index in [-0.39, 0.29) is 11.5 Å². The third-order valence-corrected chi connectivity index (χ3v) is 5.03. The minimum atomic E-state index is -0.227. The monoisotopic (exact) mass is 397 g/mol. The van der Waals surface area contributed by atoms with Gasteiger partial charge >= 0.3 is 0 Å². The molecular weight excluding hydrogens is 374 g/mol. The number of nitrogens with one attached hydrogen (secondary N) is 2. The molecule has 2 N–H and O–H groups in total. The summed E-state index contributed by atoms with van der Waals surface area (Å²) in [5.74, 6) is -0.227. The van der Waals surface area contributed by atoms with Crippen molar-refractivity contribution in [3.8, 4) is 0 Å². The van der Waals surface area contributed by atoms with Gasteiger partial charge in [0.1, 0.15) is 11.2 Å². The molecule has 0 aliphatic rings. The average molecular weight is 397 g/mol. The van der Waals surface area contributed by atoms with Crippen LogP contribution in [-0.4, -0.2) is 22.0 Å². The Labute approximate surface area is 174 Å². The van der Waals surface area contributed by atoms with Gasteiger partial charge in [-0.1, -0.05) is 60.7 Å². The fraction of sp³-hybridized carbons (Fsp3) is 0.120. The van der Waals surface area contributed by atoms with Crippen LogP contribution in [-0.2, 0) is 7.05 Å². The number of pyridine rings is 1. The third kappa shape index (κ3) is 3.70. The second-order valence-corrected chi connectivity index (χ2v) is 7.12. The predicted octanol–water partition coefficient (Wildman–Crippen LogP) is 4.21. The van der Waals surface area contributed by atoms with Crippen molar-refractivity contribution >= 4 is 28.5 Å². The van der Waals surface area contributed by atoms with Crippen LogP contribution >= 0.6 is 0 Å². The van der Waals surface area contributed by atoms with Crippen LogP contribution in [0.3, 0.4) is 0 Å². The number of aryl methyl sites for hydroxylation is 1. The van der Waals surface area contributed by atoms with Crippen molar-refractivity contribution < 1.29 is 4.79 Å². The van der Waals surface area contributed by atoms with Crippen molar-refractivity contribution in [3.05, 3.63) is 106 Å². The molecule has 0 aliphatic heterocycles. The number of nitrogens with zero attached hydrogens (tertiary/aromatic N) is 1. The summed E-state index contributed by atoms with van der Waals surface area (Å²) in [6.45, 7) is 2.38. The van der Waals surface area contributed by atoms with Gasteiger partial charge in [0.15, 0.2) is 0 Å². The molecule has 0 saturated carbocycles. The summed E-state index contributed by atoms with van der Waals surface area (Å²) in [4.78, 5) is 28.2. The maximum atomic E-state index is 12.8. The number of hydrogen-bond acceptors (Lipinski definition) is 2. The highest BCUT2D eigenvalue weighted by atomic mass is 16.2. The fourth-order valence-corrected chi connectivity index (χ4v) is 3.58. The minimum absolute atomic E-state index is 0.170. The van der Waals surface area contributed by atoms with E-state index in [4.69, 9.17) is 0 Å². The van der Waals surface area contributed by atoms with Crippen LogP contribution in [0.5, 0.6) is 0 Å². The molecule has 2 heterocycles. The maximum Gasteiger partial charge on any atom is 0.274 e. The van der Waals surface area contributed by atoms with Gasteiger partial charge in [0.05, 0.1) is 0 Å². The number of H-pyrrole nitrogens is 1. The quantitative estimate of drug-likeness (QED) is 0.496. The zero-order chi connectivity index (χ0) is 21.1. The molecule has 0 bridgehead atoms. The van der Waals surface area contributed by atoms with Crippen LogP contribution in [0.2, 0.25) is 0 Å². The standard InChI is InChI=1S/C25H23N3O2/c1-3-26-24(29)22-15-20-21(16-28(2)25(30)23(20)27-22)19(18-12-8-5-9-13-18)14-17-10-6-4-7-11-17/h4-16,27H,3H2,1-2H3,(H,26,29). The van der Waals surface area contributed by atoms with Crippen LogP contribution in [0.15, 0.2) is 77.7 Å². The first-order valence-electron chi connectivity index (χ1n) is 9.91. The summed E-state index contributed by atoms with van der Waals surface area (Å²) in [6, 6.07) is 21.9. The normalized spacial score (nSPS) is 11.6. The van der Waals surface area contributed by atoms with Gasteiger partial charge in [0.2, 0.25) is 0 Å². The Hall–Kier alpha value is -3.86. The van der Waals surface area contributed by atoms with Gasteiger partial charge in [0, 0.05) is 30.7 Å². The highest BCUT2D eigenvalue weighted by molar-refractivity contribution is 6.05. The average Bonchev–Trinajstić information content (AvgIpc) is 3.22. The smallest absolute Gasteiger partial charge is 0.274 e. The lowest BCUT2D eigenvalue weighted by atomic mass is 9.94. The molecule has 0 aliphatic carbocycles. The van der Waals surface area contributed by atoms with Gasteiger partial charge in [-0.25, -0.2) is 0 Å². The second-order valence-electron chi connectivity index (χ2n) is 7.12. The Balaban J connectivity index is 2.00. The lowest BCUT2D eigenvalue weighted by Gasteiger charge is -2.12. The first kappa shape index (κ1) is 19.5. The van der Waals surface area contributed by atoms with Crippen LogP contribution in [0.4, 0.5) is 0 Å². The molecule has 0 spiro atoms. The molecule has 4 rings (SSSR count). The molecule has 150 valence electrons. The second kappa shape index (κ2) is 8.25. The molecule has 0 unspecified atom stereocenters. The molecule has 1 amide bonds. The number of benzene rings is 2. The number of carbonyl (C=O) groups excluding carboxylic acids is 1. The summed E-state index contributed by atoms with van der Waals surface area (Å²) in [7, 11) is 1.73. The molecule has 5 heteroatoms. The molecule has 2 aromatic carbocycles. The maximum absolute atomic E-state index is 12.8. The van der Waals surface area contributed by atoms with Gasteiger partial charge in [-0.15, -0.1) is 0 Å². The number of hydrogen-bond donors (Lipinski definition) is 2. The van der Waals surface area contributed by atoms with Crippen molar-refractivity contribution in [2.75, 3.05) is 6.54 Å². The largest absolute Gasteiger partial charge is 0.351 e. The minimum Gasteiger partial charge on any atom is -0.351 e. The van der Waals surface area contributed by atoms with E-state index in [1.54, 1.807) is 17.7 Å². The van der Waals surface area contributed by atoms with E-state index < -0.39 is 0 Å². The van der Waals surface area contributed by atoms with E-state index >= 15 is 0 Å². The van der Waals surface area contributed by atoms with E-state index in [9.17, 15) is 9.59 Å². The zero-order valence-electron chi connectivity index (χ0n) is 17.0. The van der Waals surface area contributed by atoms with E-state index in [0.29, 0.717) is 17.8 Å². The Bertz CT molecular complexity index is 1280. The van der Waals surface area contributed by atoms with Gasteiger partial charge in [-0.3, -0.25) is 9.59 Å². The summed E-state index contributed by atoms with van der Waals surface area (Å²) in [5.41, 5.74) is 4.57. The lowest BCUT2D eigenvalue weighted by Crippen LogP contribution is -2.23. The Morgan fingerprint density at radius 3 is 2.40 bits per heavy atom. The van der Waals surface area contributed by atoms with Gasteiger partial charge in [0.25, 0.3) is 11.5 Å². The zero-order valence-corrected chi connectivity index (χ0v) is 17.0. The first-order valence-corrected chi connectivity index (χ1v) is 9.91. The number of rotatable bonds is 5. The number of aromatic amines is 1. The number of carbonyl (C=O) groups is 1. The molecule has 5 nitrogen and oxygen atoms in total. The van der Waals surface area contributed by atoms with Crippen LogP contribution in [0.1, 0.15) is 34.1 Å². The van der Waals surface area contributed by atoms with Crippen LogP contribution < -0.4 is 10.9 Å². The van der Waals surface area contributed by atoms with Crippen molar-refractivity contribution in [1.29, 1.82) is 0 Å². The number of aromatic nitrogens is 2. The topological polar surface area (TPSA) is 66.9 Å². The molecule has 4 aromatic rings. The Kier molecular flexibility index (Phi) is 5.35. The van der Waals surface area contributed by atoms with Crippen molar-refractivity contribution in [3.63, 3.8) is 0 Å². The summed E-state index contributed by atoms with van der Waals surface area (Å²) < 4.78 is 1.55. The molecule has 0 saturated heterocycles. The first-order chi connectivity index (χ1) is 14.6. The van der Waals surface area contributed by atoms with Crippen LogP contribution in [0, 0.1) is 0 Å². The molecule has 2 aromatic heterocycles. The molecule has 0 atom stereocenters. The number of fused-ring (bicyclic) bond motifs is 1. The van der Waals surface area contributed by atoms with Crippen molar-refractivity contribution in [2.24, 2.45) is 7.05 Å². The van der Waals surface area contributed by atoms with Gasteiger partial charge < -0.3 is 14.9 Å². The summed E-state index contributed by atoms with van der Waals surface area (Å²) in [6.07, 6.45) is 3.94. The molecule has 0 fully saturated rings. The summed E-state index contributed by atoms with van der Waals surface area (Å²) >= 11 is 0. The SMILES string of the molecule is CCNC(=O)c1cc2c(C(=Cc3ccccc3)c3ccccc3)cn(C)c(=O)c2[nH]1. The Morgan fingerprint density at radius 1 is 1.07 bits per heavy atom. The molecule has 0 radical (unpaired) electrons. The molecule has 30 heavy (non-hydrogen) atoms. The highest BCUT2D eigenvalue weighted by Crippen LogP contribution is 2.31. The van der Waals surface area contributed by atoms with E-state index in [0.717, 1.165) is 27.6 Å². The van der Waals surface area contributed by atoms with Crippen molar-refractivity contribution in [1.82, 2.24) is 14.9 Å². The van der Waals surface area contributed by atoms with Crippen molar-refractivity contribution in [2.45, 2.75) is 6.92 Å². The Morgan fingerprint density at radius 2 is 1.73 bits per heavy atom. The lowest BCUT2D eigenvalue weighted by molar-refractivity contribution is 0.0951. The van der Waals surface area contributed by atoms with Crippen LogP contribution in [0.25, 0.3) is 22.6 Å². The van der Waals surface area contributed by atoms with E-state index in [1.165, 1.54) is 0 Å². The van der Waals surface area contributed by atoms with E-state index in [1.807, 2.05) is 73.8 Å². The van der Waals surface area contributed by atoms with Gasteiger partial charge in [-0.2, -0.15) is 0 Å².